The first-order valence-corrected chi connectivity index (χ1v) is 4.71. The number of carbonyl (C=O) groups excluding carboxylic acids is 1. The van der Waals surface area contributed by atoms with Crippen molar-refractivity contribution in [3.05, 3.63) is 21.8 Å². The average Bonchev–Trinajstić information content (AvgIpc) is 2.04. The summed E-state index contributed by atoms with van der Waals surface area (Å²) in [6, 6.07) is 1.38. The molecule has 0 aromatic carbocycles. The fourth-order valence-corrected chi connectivity index (χ4v) is 1.72. The molecule has 0 bridgehead atoms. The summed E-state index contributed by atoms with van der Waals surface area (Å²) in [6.07, 6.45) is 1.42. The SMILES string of the molecule is CCN(C(C)=O)c1nccc(=O)s1. The van der Waals surface area contributed by atoms with Gasteiger partial charge in [0.25, 0.3) is 0 Å². The minimum Gasteiger partial charge on any atom is -0.289 e. The Bertz CT molecular complexity index is 361. The molecule has 1 heterocycles. The zero-order valence-corrected chi connectivity index (χ0v) is 8.30. The van der Waals surface area contributed by atoms with E-state index in [9.17, 15) is 9.59 Å². The van der Waals surface area contributed by atoms with Crippen LogP contribution >= 0.6 is 11.3 Å². The number of hydrogen-bond acceptors (Lipinski definition) is 4. The first kappa shape index (κ1) is 9.85. The zero-order valence-electron chi connectivity index (χ0n) is 7.48. The molecule has 0 atom stereocenters. The Hall–Kier alpha value is -1.23. The molecule has 0 aliphatic carbocycles. The number of hydrogen-bond donors (Lipinski definition) is 0. The van der Waals surface area contributed by atoms with Crippen LogP contribution in [-0.2, 0) is 4.79 Å². The number of amides is 1. The summed E-state index contributed by atoms with van der Waals surface area (Å²) < 4.78 is -0.0929. The van der Waals surface area contributed by atoms with Crippen molar-refractivity contribution < 1.29 is 4.79 Å². The van der Waals surface area contributed by atoms with E-state index in [-0.39, 0.29) is 10.6 Å². The van der Waals surface area contributed by atoms with Crippen molar-refractivity contribution in [1.29, 1.82) is 0 Å². The molecule has 0 aliphatic rings. The number of rotatable bonds is 2. The molecular formula is C8H10N2O2S. The molecule has 0 aliphatic heterocycles. The first-order valence-electron chi connectivity index (χ1n) is 3.89. The van der Waals surface area contributed by atoms with Crippen LogP contribution in [0, 0.1) is 0 Å². The molecule has 1 amide bonds. The molecule has 0 saturated heterocycles. The van der Waals surface area contributed by atoms with E-state index in [1.165, 1.54) is 24.1 Å². The van der Waals surface area contributed by atoms with E-state index >= 15 is 0 Å². The molecule has 1 aromatic heterocycles. The van der Waals surface area contributed by atoms with Gasteiger partial charge in [-0.05, 0) is 6.92 Å². The highest BCUT2D eigenvalue weighted by molar-refractivity contribution is 7.13. The number of aromatic nitrogens is 1. The predicted molar refractivity (Wildman–Crippen MR) is 52.1 cm³/mol. The molecule has 13 heavy (non-hydrogen) atoms. The number of anilines is 1. The normalized spacial score (nSPS) is 9.69. The second-order valence-electron chi connectivity index (χ2n) is 2.41. The van der Waals surface area contributed by atoms with Crippen LogP contribution in [0.1, 0.15) is 13.8 Å². The lowest BCUT2D eigenvalue weighted by Gasteiger charge is -2.15. The summed E-state index contributed by atoms with van der Waals surface area (Å²) in [5.41, 5.74) is 0. The van der Waals surface area contributed by atoms with Gasteiger partial charge in [-0.2, -0.15) is 0 Å². The van der Waals surface area contributed by atoms with Crippen molar-refractivity contribution in [2.45, 2.75) is 13.8 Å². The highest BCUT2D eigenvalue weighted by Crippen LogP contribution is 2.11. The van der Waals surface area contributed by atoms with Gasteiger partial charge < -0.3 is 0 Å². The van der Waals surface area contributed by atoms with Gasteiger partial charge in [0, 0.05) is 25.7 Å². The number of carbonyl (C=O) groups is 1. The lowest BCUT2D eigenvalue weighted by atomic mass is 10.5. The Balaban J connectivity index is 3.05. The van der Waals surface area contributed by atoms with Crippen molar-refractivity contribution in [3.63, 3.8) is 0 Å². The van der Waals surface area contributed by atoms with E-state index in [0.717, 1.165) is 11.3 Å². The van der Waals surface area contributed by atoms with E-state index in [0.29, 0.717) is 11.7 Å². The summed E-state index contributed by atoms with van der Waals surface area (Å²) in [6.45, 7) is 3.82. The van der Waals surface area contributed by atoms with Gasteiger partial charge in [-0.15, -0.1) is 0 Å². The standard InChI is InChI=1S/C8H10N2O2S/c1-3-10(6(2)11)8-9-5-4-7(12)13-8/h4-5H,3H2,1-2H3. The van der Waals surface area contributed by atoms with Gasteiger partial charge in [0.2, 0.25) is 10.6 Å². The zero-order chi connectivity index (χ0) is 9.84. The van der Waals surface area contributed by atoms with Gasteiger partial charge >= 0.3 is 0 Å². The van der Waals surface area contributed by atoms with E-state index in [1.54, 1.807) is 0 Å². The Labute approximate surface area is 79.8 Å². The van der Waals surface area contributed by atoms with Gasteiger partial charge in [-0.3, -0.25) is 14.5 Å². The molecule has 0 unspecified atom stereocenters. The van der Waals surface area contributed by atoms with Crippen LogP contribution in [0.4, 0.5) is 5.13 Å². The van der Waals surface area contributed by atoms with Crippen LogP contribution in [0.5, 0.6) is 0 Å². The molecule has 0 spiro atoms. The molecule has 4 nitrogen and oxygen atoms in total. The molecule has 0 N–H and O–H groups in total. The summed E-state index contributed by atoms with van der Waals surface area (Å²) in [4.78, 5) is 27.5. The lowest BCUT2D eigenvalue weighted by molar-refractivity contribution is -0.116. The monoisotopic (exact) mass is 198 g/mol. The number of nitrogens with zero attached hydrogens (tertiary/aromatic N) is 2. The molecule has 0 fully saturated rings. The predicted octanol–water partition coefficient (Wildman–Crippen LogP) is 0.876. The molecule has 1 rings (SSSR count). The Morgan fingerprint density at radius 1 is 1.69 bits per heavy atom. The van der Waals surface area contributed by atoms with Crippen molar-refractivity contribution >= 4 is 22.4 Å². The van der Waals surface area contributed by atoms with E-state index in [2.05, 4.69) is 4.98 Å². The summed E-state index contributed by atoms with van der Waals surface area (Å²) in [5.74, 6) is -0.100. The molecule has 0 radical (unpaired) electrons. The third kappa shape index (κ3) is 2.35. The van der Waals surface area contributed by atoms with E-state index in [1.807, 2.05) is 6.92 Å². The fraction of sp³-hybridized carbons (Fsp3) is 0.375. The van der Waals surface area contributed by atoms with Crippen molar-refractivity contribution in [1.82, 2.24) is 4.98 Å². The van der Waals surface area contributed by atoms with E-state index < -0.39 is 0 Å². The minimum absolute atomic E-state index is 0.0929. The average molecular weight is 198 g/mol. The second kappa shape index (κ2) is 4.13. The van der Waals surface area contributed by atoms with Crippen LogP contribution in [0.15, 0.2) is 17.1 Å². The summed E-state index contributed by atoms with van der Waals surface area (Å²) in [7, 11) is 0. The minimum atomic E-state index is -0.100. The first-order chi connectivity index (χ1) is 6.15. The quantitative estimate of drug-likeness (QED) is 0.708. The Kier molecular flexibility index (Phi) is 3.13. The maximum absolute atomic E-state index is 11.1. The highest BCUT2D eigenvalue weighted by atomic mass is 32.1. The Morgan fingerprint density at radius 2 is 2.38 bits per heavy atom. The van der Waals surface area contributed by atoms with Gasteiger partial charge in [0.1, 0.15) is 0 Å². The largest absolute Gasteiger partial charge is 0.289 e. The van der Waals surface area contributed by atoms with Crippen molar-refractivity contribution in [2.24, 2.45) is 0 Å². The molecule has 70 valence electrons. The summed E-state index contributed by atoms with van der Waals surface area (Å²) in [5, 5.41) is 0.461. The van der Waals surface area contributed by atoms with Gasteiger partial charge in [0.05, 0.1) is 0 Å². The van der Waals surface area contributed by atoms with Gasteiger partial charge in [-0.1, -0.05) is 11.3 Å². The fourth-order valence-electron chi connectivity index (χ4n) is 0.930. The molecule has 1 aromatic rings. The molecular weight excluding hydrogens is 188 g/mol. The van der Waals surface area contributed by atoms with Crippen LogP contribution in [0.2, 0.25) is 0 Å². The van der Waals surface area contributed by atoms with Gasteiger partial charge in [-0.25, -0.2) is 4.98 Å². The van der Waals surface area contributed by atoms with Crippen LogP contribution in [0.25, 0.3) is 0 Å². The Morgan fingerprint density at radius 3 is 2.85 bits per heavy atom. The maximum Gasteiger partial charge on any atom is 0.237 e. The smallest absolute Gasteiger partial charge is 0.237 e. The lowest BCUT2D eigenvalue weighted by Crippen LogP contribution is -2.28. The second-order valence-corrected chi connectivity index (χ2v) is 3.38. The van der Waals surface area contributed by atoms with Gasteiger partial charge in [0.15, 0.2) is 5.13 Å². The van der Waals surface area contributed by atoms with E-state index in [4.69, 9.17) is 0 Å². The molecule has 5 heteroatoms. The van der Waals surface area contributed by atoms with Crippen LogP contribution < -0.4 is 9.64 Å². The maximum atomic E-state index is 11.1. The van der Waals surface area contributed by atoms with Crippen molar-refractivity contribution in [2.75, 3.05) is 11.4 Å². The van der Waals surface area contributed by atoms with Crippen molar-refractivity contribution in [3.8, 4) is 0 Å². The van der Waals surface area contributed by atoms with Crippen LogP contribution in [-0.4, -0.2) is 17.4 Å². The third-order valence-electron chi connectivity index (χ3n) is 1.51. The molecule has 0 saturated carbocycles. The topological polar surface area (TPSA) is 50.3 Å². The third-order valence-corrected chi connectivity index (χ3v) is 2.36. The highest BCUT2D eigenvalue weighted by Gasteiger charge is 2.10. The summed E-state index contributed by atoms with van der Waals surface area (Å²) >= 11 is 0.977. The van der Waals surface area contributed by atoms with Crippen LogP contribution in [0.3, 0.4) is 0 Å².